The highest BCUT2D eigenvalue weighted by Gasteiger charge is 2.30. The number of hydrogen-bond acceptors (Lipinski definition) is 7. The Morgan fingerprint density at radius 3 is 2.70 bits per heavy atom. The maximum absolute atomic E-state index is 13.4. The van der Waals surface area contributed by atoms with E-state index < -0.39 is 31.3 Å². The second-order valence-electron chi connectivity index (χ2n) is 3.60. The molecule has 106 valence electrons. The summed E-state index contributed by atoms with van der Waals surface area (Å²) in [5.74, 6) is -0.882. The van der Waals surface area contributed by atoms with E-state index in [9.17, 15) is 22.9 Å². The molecular weight excluding hydrogens is 311 g/mol. The van der Waals surface area contributed by atoms with Gasteiger partial charge >= 0.3 is 5.69 Å². The third kappa shape index (κ3) is 2.72. The molecule has 20 heavy (non-hydrogen) atoms. The van der Waals surface area contributed by atoms with Crippen molar-refractivity contribution in [1.82, 2.24) is 9.36 Å². The molecule has 0 atom stereocenters. The first-order valence-corrected chi connectivity index (χ1v) is 7.33. The van der Waals surface area contributed by atoms with Gasteiger partial charge in [-0.1, -0.05) is 6.07 Å². The number of aromatic nitrogens is 2. The molecule has 0 unspecified atom stereocenters. The third-order valence-corrected chi connectivity index (χ3v) is 4.39. The molecule has 2 rings (SSSR count). The highest BCUT2D eigenvalue weighted by molar-refractivity contribution is 7.93. The first-order chi connectivity index (χ1) is 9.31. The molecule has 1 N–H and O–H groups in total. The van der Waals surface area contributed by atoms with Crippen LogP contribution in [0.15, 0.2) is 23.1 Å². The molecule has 0 radical (unpaired) electrons. The topological polar surface area (TPSA) is 115 Å². The Morgan fingerprint density at radius 1 is 1.45 bits per heavy atom. The van der Waals surface area contributed by atoms with Gasteiger partial charge in [0.25, 0.3) is 10.0 Å². The van der Waals surface area contributed by atoms with E-state index in [1.54, 1.807) is 6.92 Å². The fourth-order valence-electron chi connectivity index (χ4n) is 1.40. The van der Waals surface area contributed by atoms with Crippen molar-refractivity contribution in [3.05, 3.63) is 40.0 Å². The molecule has 0 fully saturated rings. The second-order valence-corrected chi connectivity index (χ2v) is 6.00. The van der Waals surface area contributed by atoms with Crippen molar-refractivity contribution in [3.8, 4) is 0 Å². The zero-order chi connectivity index (χ0) is 14.9. The summed E-state index contributed by atoms with van der Waals surface area (Å²) in [6.45, 7) is 1.55. The lowest BCUT2D eigenvalue weighted by atomic mass is 10.3. The van der Waals surface area contributed by atoms with Crippen LogP contribution in [0, 0.1) is 22.9 Å². The van der Waals surface area contributed by atoms with E-state index in [4.69, 9.17) is 0 Å². The summed E-state index contributed by atoms with van der Waals surface area (Å²) in [6.07, 6.45) is 0. The van der Waals surface area contributed by atoms with E-state index in [1.165, 1.54) is 0 Å². The molecule has 8 nitrogen and oxygen atoms in total. The highest BCUT2D eigenvalue weighted by Crippen LogP contribution is 2.28. The molecule has 0 bridgehead atoms. The van der Waals surface area contributed by atoms with Crippen molar-refractivity contribution in [3.63, 3.8) is 0 Å². The van der Waals surface area contributed by atoms with E-state index in [0.717, 1.165) is 29.7 Å². The van der Waals surface area contributed by atoms with Crippen LogP contribution in [0.4, 0.5) is 15.2 Å². The van der Waals surface area contributed by atoms with Crippen LogP contribution in [0.3, 0.4) is 0 Å². The van der Waals surface area contributed by atoms with Crippen molar-refractivity contribution in [2.24, 2.45) is 0 Å². The summed E-state index contributed by atoms with van der Waals surface area (Å²) in [7, 11) is -4.32. The zero-order valence-electron chi connectivity index (χ0n) is 9.90. The number of nitrogens with zero attached hydrogens (tertiary/aromatic N) is 3. The lowest BCUT2D eigenvalue weighted by molar-refractivity contribution is -0.390. The van der Waals surface area contributed by atoms with Gasteiger partial charge < -0.3 is 0 Å². The molecular formula is C9H7FN4O4S2. The van der Waals surface area contributed by atoms with Crippen molar-refractivity contribution in [2.75, 3.05) is 4.72 Å². The third-order valence-electron chi connectivity index (χ3n) is 2.17. The van der Waals surface area contributed by atoms with Gasteiger partial charge in [-0.25, -0.2) is 13.4 Å². The SMILES string of the molecule is Cc1nsc(NS(=O)(=O)c2cccc(F)c2[N+](=O)[O-])n1. The average Bonchev–Trinajstić information content (AvgIpc) is 2.73. The molecule has 0 saturated heterocycles. The quantitative estimate of drug-likeness (QED) is 0.677. The smallest absolute Gasteiger partial charge is 0.258 e. The summed E-state index contributed by atoms with van der Waals surface area (Å²) < 4.78 is 43.3. The van der Waals surface area contributed by atoms with Gasteiger partial charge in [0.05, 0.1) is 4.92 Å². The Hall–Kier alpha value is -2.14. The highest BCUT2D eigenvalue weighted by atomic mass is 32.2. The normalized spacial score (nSPS) is 11.3. The van der Waals surface area contributed by atoms with Crippen LogP contribution in [0.5, 0.6) is 0 Å². The van der Waals surface area contributed by atoms with Crippen LogP contribution in [0.25, 0.3) is 0 Å². The van der Waals surface area contributed by atoms with Gasteiger partial charge in [-0.15, -0.1) is 0 Å². The van der Waals surface area contributed by atoms with Gasteiger partial charge in [-0.2, -0.15) is 8.76 Å². The minimum Gasteiger partial charge on any atom is -0.258 e. The number of sulfonamides is 1. The Labute approximate surface area is 116 Å². The number of nitro groups is 1. The van der Waals surface area contributed by atoms with Crippen LogP contribution >= 0.6 is 11.5 Å². The van der Waals surface area contributed by atoms with Gasteiger partial charge in [-0.3, -0.25) is 14.8 Å². The maximum atomic E-state index is 13.4. The van der Waals surface area contributed by atoms with Gasteiger partial charge in [0.1, 0.15) is 5.82 Å². The first kappa shape index (κ1) is 14.3. The van der Waals surface area contributed by atoms with Gasteiger partial charge in [-0.05, 0) is 19.1 Å². The van der Waals surface area contributed by atoms with E-state index in [1.807, 2.05) is 4.72 Å². The van der Waals surface area contributed by atoms with Gasteiger partial charge in [0.15, 0.2) is 4.90 Å². The lowest BCUT2D eigenvalue weighted by Gasteiger charge is -2.05. The summed E-state index contributed by atoms with van der Waals surface area (Å²) in [5.41, 5.74) is -1.11. The number of para-hydroxylation sites is 1. The fourth-order valence-corrected chi connectivity index (χ4v) is 3.38. The van der Waals surface area contributed by atoms with E-state index in [0.29, 0.717) is 5.82 Å². The standard InChI is InChI=1S/C9H7FN4O4S2/c1-5-11-9(19-12-5)13-20(17,18)7-4-2-3-6(10)8(7)14(15)16/h2-4H,1H3,(H,11,12,13). The maximum Gasteiger partial charge on any atom is 0.325 e. The Bertz CT molecular complexity index is 774. The number of aryl methyl sites for hydroxylation is 1. The number of hydrogen-bond donors (Lipinski definition) is 1. The van der Waals surface area contributed by atoms with Crippen LogP contribution in [0.1, 0.15) is 5.82 Å². The number of benzene rings is 1. The van der Waals surface area contributed by atoms with Crippen molar-refractivity contribution >= 4 is 32.4 Å². The van der Waals surface area contributed by atoms with Crippen molar-refractivity contribution in [2.45, 2.75) is 11.8 Å². The number of anilines is 1. The molecule has 2 aromatic rings. The molecule has 0 aliphatic carbocycles. The van der Waals surface area contributed by atoms with E-state index in [-0.39, 0.29) is 5.13 Å². The van der Waals surface area contributed by atoms with E-state index >= 15 is 0 Å². The van der Waals surface area contributed by atoms with Crippen molar-refractivity contribution < 1.29 is 17.7 Å². The van der Waals surface area contributed by atoms with Gasteiger partial charge in [0.2, 0.25) is 10.9 Å². The molecule has 1 heterocycles. The largest absolute Gasteiger partial charge is 0.325 e. The zero-order valence-corrected chi connectivity index (χ0v) is 11.5. The molecule has 0 spiro atoms. The molecule has 11 heteroatoms. The fraction of sp³-hybridized carbons (Fsp3) is 0.111. The average molecular weight is 318 g/mol. The summed E-state index contributed by atoms with van der Waals surface area (Å²) >= 11 is 0.775. The van der Waals surface area contributed by atoms with Crippen molar-refractivity contribution in [1.29, 1.82) is 0 Å². The summed E-state index contributed by atoms with van der Waals surface area (Å²) in [5, 5.41) is 10.7. The van der Waals surface area contributed by atoms with Gasteiger partial charge in [0, 0.05) is 11.5 Å². The minimum absolute atomic E-state index is 0.0546. The number of nitro benzene ring substituents is 1. The van der Waals surface area contributed by atoms with Crippen LogP contribution < -0.4 is 4.72 Å². The predicted molar refractivity (Wildman–Crippen MR) is 68.5 cm³/mol. The van der Waals surface area contributed by atoms with Crippen LogP contribution in [-0.2, 0) is 10.0 Å². The molecule has 0 amide bonds. The number of nitrogens with one attached hydrogen (secondary N) is 1. The molecule has 0 aliphatic heterocycles. The summed E-state index contributed by atoms with van der Waals surface area (Å²) in [6, 6.07) is 2.83. The Kier molecular flexibility index (Phi) is 3.63. The molecule has 0 saturated carbocycles. The van der Waals surface area contributed by atoms with Crippen LogP contribution in [-0.4, -0.2) is 22.7 Å². The first-order valence-electron chi connectivity index (χ1n) is 5.07. The minimum atomic E-state index is -4.32. The predicted octanol–water partition coefficient (Wildman–Crippen LogP) is 1.69. The summed E-state index contributed by atoms with van der Waals surface area (Å²) in [4.78, 5) is 12.7. The molecule has 1 aromatic heterocycles. The monoisotopic (exact) mass is 318 g/mol. The Morgan fingerprint density at radius 2 is 2.15 bits per heavy atom. The molecule has 1 aromatic carbocycles. The van der Waals surface area contributed by atoms with Crippen LogP contribution in [0.2, 0.25) is 0 Å². The number of halogens is 1. The number of rotatable bonds is 4. The lowest BCUT2D eigenvalue weighted by Crippen LogP contribution is -2.15. The Balaban J connectivity index is 2.50. The molecule has 0 aliphatic rings. The second kappa shape index (κ2) is 5.09. The van der Waals surface area contributed by atoms with E-state index in [2.05, 4.69) is 9.36 Å².